The van der Waals surface area contributed by atoms with E-state index in [4.69, 9.17) is 9.15 Å². The quantitative estimate of drug-likeness (QED) is 0.205. The van der Waals surface area contributed by atoms with Gasteiger partial charge in [0.05, 0.1) is 0 Å². The monoisotopic (exact) mass is 567 g/mol. The summed E-state index contributed by atoms with van der Waals surface area (Å²) in [6.07, 6.45) is -0.413. The van der Waals surface area contributed by atoms with Crippen LogP contribution >= 0.6 is 0 Å². The van der Waals surface area contributed by atoms with Gasteiger partial charge >= 0.3 is 11.9 Å². The Morgan fingerprint density at radius 1 is 1.02 bits per heavy atom. The zero-order valence-electron chi connectivity index (χ0n) is 22.6. The molecule has 11 heteroatoms. The van der Waals surface area contributed by atoms with E-state index in [2.05, 4.69) is 5.32 Å². The van der Waals surface area contributed by atoms with Crippen molar-refractivity contribution >= 4 is 28.8 Å². The minimum Gasteiger partial charge on any atom is -0.505 e. The van der Waals surface area contributed by atoms with E-state index in [1.807, 2.05) is 0 Å². The highest BCUT2D eigenvalue weighted by molar-refractivity contribution is 6.04. The molecule has 0 unspecified atom stereocenters. The number of phenols is 1. The van der Waals surface area contributed by atoms with Crippen LogP contribution in [-0.2, 0) is 14.3 Å². The number of aryl methyl sites for hydroxylation is 1. The fraction of sp³-hybridized carbons (Fsp3) is 0.267. The van der Waals surface area contributed by atoms with Crippen LogP contribution in [0.5, 0.6) is 5.75 Å². The van der Waals surface area contributed by atoms with Crippen LogP contribution in [0.1, 0.15) is 49.5 Å². The zero-order chi connectivity index (χ0) is 30.2. The molecule has 1 aliphatic heterocycles. The number of carbonyl (C=O) groups excluding carboxylic acids is 2. The van der Waals surface area contributed by atoms with Gasteiger partial charge < -0.3 is 24.7 Å². The van der Waals surface area contributed by atoms with Crippen LogP contribution in [0.3, 0.4) is 0 Å². The summed E-state index contributed by atoms with van der Waals surface area (Å²) in [6, 6.07) is 7.02. The van der Waals surface area contributed by atoms with Crippen molar-refractivity contribution < 1.29 is 42.5 Å². The minimum absolute atomic E-state index is 0.000384. The number of nitrogens with one attached hydrogen (secondary N) is 1. The van der Waals surface area contributed by atoms with Crippen LogP contribution in [-0.4, -0.2) is 39.7 Å². The number of hydrogen-bond donors (Lipinski definition) is 3. The summed E-state index contributed by atoms with van der Waals surface area (Å²) < 4.78 is 39.6. The molecule has 0 spiro atoms. The maximum Gasteiger partial charge on any atom is 0.326 e. The Morgan fingerprint density at radius 3 is 2.37 bits per heavy atom. The van der Waals surface area contributed by atoms with Crippen LogP contribution < -0.4 is 10.7 Å². The van der Waals surface area contributed by atoms with E-state index in [9.17, 15) is 38.2 Å². The molecule has 2 aromatic rings. The van der Waals surface area contributed by atoms with Gasteiger partial charge in [-0.05, 0) is 69.5 Å². The van der Waals surface area contributed by atoms with E-state index in [1.54, 1.807) is 27.7 Å². The predicted octanol–water partition coefficient (Wildman–Crippen LogP) is 5.16. The van der Waals surface area contributed by atoms with E-state index < -0.39 is 52.3 Å². The molecule has 0 fully saturated rings. The lowest BCUT2D eigenvalue weighted by Crippen LogP contribution is -2.41. The molecule has 1 amide bonds. The van der Waals surface area contributed by atoms with E-state index in [0.717, 1.165) is 24.3 Å². The van der Waals surface area contributed by atoms with Gasteiger partial charge in [-0.15, -0.1) is 0 Å². The number of aliphatic carboxylic acids is 1. The summed E-state index contributed by atoms with van der Waals surface area (Å²) in [5, 5.41) is 22.0. The lowest BCUT2D eigenvalue weighted by atomic mass is 9.90. The minimum atomic E-state index is -1.36. The number of rotatable bonds is 7. The fourth-order valence-corrected chi connectivity index (χ4v) is 4.43. The second-order valence-corrected chi connectivity index (χ2v) is 10.6. The molecule has 0 bridgehead atoms. The third kappa shape index (κ3) is 6.34. The Balaban J connectivity index is 1.70. The molecule has 41 heavy (non-hydrogen) atoms. The molecule has 0 saturated carbocycles. The molecule has 0 aromatic heterocycles. The SMILES string of the molecule is Cc1cc(C(=O)N[C@@H](CCC(=O)OC(C)(C)C)C(=O)O)ccc1-c1c2cc(F)c(=O)cc-2oc2cc(O)c(F)cc12. The fourth-order valence-electron chi connectivity index (χ4n) is 4.43. The topological polar surface area (TPSA) is 143 Å². The Hall–Kier alpha value is -4.80. The van der Waals surface area contributed by atoms with Crippen molar-refractivity contribution in [3.63, 3.8) is 0 Å². The van der Waals surface area contributed by atoms with Crippen molar-refractivity contribution in [1.29, 1.82) is 0 Å². The third-order valence-electron chi connectivity index (χ3n) is 6.26. The molecule has 0 saturated heterocycles. The van der Waals surface area contributed by atoms with Crippen molar-refractivity contribution in [1.82, 2.24) is 5.32 Å². The Labute approximate surface area is 232 Å². The molecular weight excluding hydrogens is 540 g/mol. The van der Waals surface area contributed by atoms with Gasteiger partial charge in [0.25, 0.3) is 5.91 Å². The highest BCUT2D eigenvalue weighted by Crippen LogP contribution is 2.42. The maximum absolute atomic E-state index is 14.4. The summed E-state index contributed by atoms with van der Waals surface area (Å²) in [5.41, 5.74) is -0.147. The van der Waals surface area contributed by atoms with Gasteiger partial charge in [0.2, 0.25) is 5.43 Å². The van der Waals surface area contributed by atoms with Crippen molar-refractivity contribution in [2.75, 3.05) is 0 Å². The smallest absolute Gasteiger partial charge is 0.326 e. The number of carbonyl (C=O) groups is 3. The number of fused-ring (bicyclic) bond motifs is 2. The Bertz CT molecular complexity index is 1720. The molecule has 2 aliphatic rings. The van der Waals surface area contributed by atoms with Crippen LogP contribution in [0, 0.1) is 18.6 Å². The largest absolute Gasteiger partial charge is 0.505 e. The van der Waals surface area contributed by atoms with Crippen molar-refractivity contribution in [3.05, 3.63) is 75.4 Å². The highest BCUT2D eigenvalue weighted by Gasteiger charge is 2.26. The lowest BCUT2D eigenvalue weighted by molar-refractivity contribution is -0.155. The Kier molecular flexibility index (Phi) is 7.83. The number of hydrogen-bond acceptors (Lipinski definition) is 7. The summed E-state index contributed by atoms with van der Waals surface area (Å²) in [4.78, 5) is 48.7. The lowest BCUT2D eigenvalue weighted by Gasteiger charge is -2.20. The number of carboxylic acid groups (broad SMARTS) is 1. The molecule has 2 aromatic carbocycles. The van der Waals surface area contributed by atoms with E-state index in [-0.39, 0.29) is 40.7 Å². The van der Waals surface area contributed by atoms with Gasteiger partial charge in [-0.3, -0.25) is 14.4 Å². The third-order valence-corrected chi connectivity index (χ3v) is 6.26. The first-order valence-corrected chi connectivity index (χ1v) is 12.6. The standard InChI is InChI=1S/C30H27F2NO8/c1-14-9-15(28(37)33-21(29(38)39)7-8-26(36)41-30(2,3)4)5-6-16(14)27-17-10-19(31)22(34)12-24(17)40-25-13-23(35)20(32)11-18(25)27/h5-6,9-13,21,34H,7-8H2,1-4H3,(H,33,37)(H,38,39)/t21-/m0/s1. The highest BCUT2D eigenvalue weighted by atomic mass is 19.1. The van der Waals surface area contributed by atoms with E-state index in [1.165, 1.54) is 18.2 Å². The number of aromatic hydroxyl groups is 1. The average molecular weight is 568 g/mol. The van der Waals surface area contributed by atoms with Crippen LogP contribution in [0.25, 0.3) is 33.4 Å². The molecule has 1 heterocycles. The zero-order valence-corrected chi connectivity index (χ0v) is 22.6. The van der Waals surface area contributed by atoms with Gasteiger partial charge in [0, 0.05) is 40.6 Å². The summed E-state index contributed by atoms with van der Waals surface area (Å²) in [6.45, 7) is 6.68. The van der Waals surface area contributed by atoms with Gasteiger partial charge in [-0.2, -0.15) is 0 Å². The van der Waals surface area contributed by atoms with Crippen LogP contribution in [0.2, 0.25) is 0 Å². The second kappa shape index (κ2) is 11.0. The average Bonchev–Trinajstić information content (AvgIpc) is 2.86. The number of carboxylic acids is 1. The number of esters is 1. The number of benzene rings is 3. The van der Waals surface area contributed by atoms with E-state index in [0.29, 0.717) is 16.7 Å². The molecule has 1 atom stereocenters. The molecular formula is C30H27F2NO8. The summed E-state index contributed by atoms with van der Waals surface area (Å²) in [5.74, 6) is -5.32. The van der Waals surface area contributed by atoms with Crippen LogP contribution in [0.4, 0.5) is 8.78 Å². The van der Waals surface area contributed by atoms with Crippen molar-refractivity contribution in [2.45, 2.75) is 52.2 Å². The van der Waals surface area contributed by atoms with Gasteiger partial charge in [0.15, 0.2) is 17.4 Å². The maximum atomic E-state index is 14.4. The first kappa shape index (κ1) is 29.2. The molecule has 4 rings (SSSR count). The Morgan fingerprint density at radius 2 is 1.73 bits per heavy atom. The van der Waals surface area contributed by atoms with Crippen LogP contribution in [0.15, 0.2) is 51.7 Å². The first-order chi connectivity index (χ1) is 19.1. The van der Waals surface area contributed by atoms with Gasteiger partial charge in [-0.25, -0.2) is 13.6 Å². The van der Waals surface area contributed by atoms with E-state index >= 15 is 0 Å². The predicted molar refractivity (Wildman–Crippen MR) is 145 cm³/mol. The number of phenolic OH excluding ortho intramolecular Hbond substituents is 1. The molecule has 3 N–H and O–H groups in total. The molecule has 9 nitrogen and oxygen atoms in total. The first-order valence-electron chi connectivity index (χ1n) is 12.6. The van der Waals surface area contributed by atoms with Crippen molar-refractivity contribution in [2.24, 2.45) is 0 Å². The van der Waals surface area contributed by atoms with Crippen molar-refractivity contribution in [3.8, 4) is 28.2 Å². The van der Waals surface area contributed by atoms with Gasteiger partial charge in [-0.1, -0.05) is 6.07 Å². The summed E-state index contributed by atoms with van der Waals surface area (Å²) in [7, 11) is 0. The summed E-state index contributed by atoms with van der Waals surface area (Å²) >= 11 is 0. The molecule has 0 radical (unpaired) electrons. The molecule has 214 valence electrons. The molecule has 1 aliphatic carbocycles. The number of amides is 1. The number of halogens is 2. The second-order valence-electron chi connectivity index (χ2n) is 10.6. The van der Waals surface area contributed by atoms with Gasteiger partial charge in [0.1, 0.15) is 23.0 Å². The number of ether oxygens (including phenoxy) is 1. The normalized spacial score (nSPS) is 12.3.